The number of rotatable bonds is 7. The minimum atomic E-state index is -0.214. The van der Waals surface area contributed by atoms with Crippen LogP contribution in [0.2, 0.25) is 0 Å². The van der Waals surface area contributed by atoms with Crippen LogP contribution in [-0.4, -0.2) is 20.2 Å². The lowest BCUT2D eigenvalue weighted by molar-refractivity contribution is 0.384. The third-order valence-electron chi connectivity index (χ3n) is 2.56. The van der Waals surface area contributed by atoms with Crippen LogP contribution in [0, 0.1) is 5.82 Å². The Morgan fingerprint density at radius 2 is 2.12 bits per heavy atom. The van der Waals surface area contributed by atoms with E-state index in [0.717, 1.165) is 37.9 Å². The smallest absolute Gasteiger partial charge is 0.168 e. The van der Waals surface area contributed by atoms with Crippen molar-refractivity contribution < 1.29 is 9.13 Å². The summed E-state index contributed by atoms with van der Waals surface area (Å²) < 4.78 is 18.7. The molecular weight excluding hydrogens is 205 g/mol. The lowest BCUT2D eigenvalue weighted by Crippen LogP contribution is -2.14. The van der Waals surface area contributed by atoms with E-state index in [2.05, 4.69) is 12.2 Å². The number of hydrogen-bond donors (Lipinski definition) is 1. The first-order valence-electron chi connectivity index (χ1n) is 5.81. The van der Waals surface area contributed by atoms with Crippen molar-refractivity contribution >= 4 is 0 Å². The van der Waals surface area contributed by atoms with Crippen LogP contribution in [0.25, 0.3) is 0 Å². The van der Waals surface area contributed by atoms with Crippen LogP contribution in [0.3, 0.4) is 0 Å². The van der Waals surface area contributed by atoms with Gasteiger partial charge in [-0.2, -0.15) is 0 Å². The van der Waals surface area contributed by atoms with E-state index in [1.54, 1.807) is 6.07 Å². The summed E-state index contributed by atoms with van der Waals surface area (Å²) in [5.74, 6) is 0.123. The van der Waals surface area contributed by atoms with Gasteiger partial charge in [0.25, 0.3) is 0 Å². The number of methoxy groups -OCH3 is 1. The summed E-state index contributed by atoms with van der Waals surface area (Å²) in [7, 11) is 1.49. The highest BCUT2D eigenvalue weighted by atomic mass is 19.1. The fourth-order valence-electron chi connectivity index (χ4n) is 1.65. The van der Waals surface area contributed by atoms with Crippen LogP contribution in [0.4, 0.5) is 4.39 Å². The fraction of sp³-hybridized carbons (Fsp3) is 0.538. The molecule has 1 aromatic carbocycles. The third kappa shape index (κ3) is 3.81. The molecule has 0 heterocycles. The summed E-state index contributed by atoms with van der Waals surface area (Å²) in [4.78, 5) is 0. The normalized spacial score (nSPS) is 10.4. The van der Waals surface area contributed by atoms with Crippen molar-refractivity contribution in [1.82, 2.24) is 5.32 Å². The molecule has 1 aromatic rings. The van der Waals surface area contributed by atoms with Crippen molar-refractivity contribution in [2.75, 3.05) is 20.2 Å². The molecule has 0 aliphatic carbocycles. The molecule has 0 radical (unpaired) electrons. The molecule has 0 aliphatic rings. The second kappa shape index (κ2) is 7.23. The topological polar surface area (TPSA) is 21.3 Å². The molecule has 1 N–H and O–H groups in total. The highest BCUT2D eigenvalue weighted by molar-refractivity contribution is 5.31. The van der Waals surface area contributed by atoms with Gasteiger partial charge in [0.1, 0.15) is 0 Å². The van der Waals surface area contributed by atoms with Crippen LogP contribution < -0.4 is 10.1 Å². The maximum absolute atomic E-state index is 13.7. The lowest BCUT2D eigenvalue weighted by Gasteiger charge is -2.07. The van der Waals surface area contributed by atoms with Crippen LogP contribution in [0.15, 0.2) is 18.2 Å². The molecule has 0 amide bonds. The molecule has 3 heteroatoms. The standard InChI is InChI=1S/C13H20FNO/c1-3-15-10-5-4-7-11-8-6-9-12(16-2)13(11)14/h6,8-9,15H,3-5,7,10H2,1-2H3. The highest BCUT2D eigenvalue weighted by Gasteiger charge is 2.07. The molecule has 0 fully saturated rings. The number of aryl methyl sites for hydroxylation is 1. The zero-order valence-corrected chi connectivity index (χ0v) is 10.1. The molecule has 16 heavy (non-hydrogen) atoms. The predicted octanol–water partition coefficient (Wildman–Crippen LogP) is 2.77. The quantitative estimate of drug-likeness (QED) is 0.720. The van der Waals surface area contributed by atoms with Gasteiger partial charge in [-0.05, 0) is 44.0 Å². The van der Waals surface area contributed by atoms with E-state index in [1.807, 2.05) is 12.1 Å². The Labute approximate surface area is 96.8 Å². The maximum Gasteiger partial charge on any atom is 0.168 e. The first-order valence-corrected chi connectivity index (χ1v) is 5.81. The Morgan fingerprint density at radius 3 is 2.81 bits per heavy atom. The largest absolute Gasteiger partial charge is 0.494 e. The van der Waals surface area contributed by atoms with Crippen LogP contribution in [-0.2, 0) is 6.42 Å². The third-order valence-corrected chi connectivity index (χ3v) is 2.56. The predicted molar refractivity (Wildman–Crippen MR) is 64.4 cm³/mol. The minimum absolute atomic E-state index is 0.214. The van der Waals surface area contributed by atoms with Crippen LogP contribution in [0.1, 0.15) is 25.3 Å². The van der Waals surface area contributed by atoms with Crippen LogP contribution >= 0.6 is 0 Å². The Hall–Kier alpha value is -1.09. The molecule has 0 aromatic heterocycles. The Bertz CT molecular complexity index is 315. The Balaban J connectivity index is 2.41. The zero-order chi connectivity index (χ0) is 11.8. The fourth-order valence-corrected chi connectivity index (χ4v) is 1.65. The molecule has 0 unspecified atom stereocenters. The van der Waals surface area contributed by atoms with Crippen molar-refractivity contribution in [3.63, 3.8) is 0 Å². The first kappa shape index (κ1) is 13.0. The molecule has 0 atom stereocenters. The van der Waals surface area contributed by atoms with E-state index in [-0.39, 0.29) is 5.82 Å². The van der Waals surface area contributed by atoms with E-state index in [4.69, 9.17) is 4.74 Å². The number of unbranched alkanes of at least 4 members (excludes halogenated alkanes) is 1. The molecule has 1 rings (SSSR count). The van der Waals surface area contributed by atoms with Gasteiger partial charge in [-0.25, -0.2) is 4.39 Å². The van der Waals surface area contributed by atoms with Crippen molar-refractivity contribution in [2.45, 2.75) is 26.2 Å². The highest BCUT2D eigenvalue weighted by Crippen LogP contribution is 2.21. The molecule has 0 saturated carbocycles. The summed E-state index contributed by atoms with van der Waals surface area (Å²) in [5.41, 5.74) is 0.746. The Morgan fingerprint density at radius 1 is 1.31 bits per heavy atom. The molecular formula is C13H20FNO. The molecule has 0 bridgehead atoms. The summed E-state index contributed by atoms with van der Waals surface area (Å²) in [5, 5.41) is 3.25. The van der Waals surface area contributed by atoms with Gasteiger partial charge in [0.15, 0.2) is 11.6 Å². The zero-order valence-electron chi connectivity index (χ0n) is 10.1. The number of halogens is 1. The SMILES string of the molecule is CCNCCCCc1cccc(OC)c1F. The van der Waals surface area contributed by atoms with Gasteiger partial charge in [-0.15, -0.1) is 0 Å². The van der Waals surface area contributed by atoms with Gasteiger partial charge in [-0.1, -0.05) is 19.1 Å². The van der Waals surface area contributed by atoms with Gasteiger partial charge in [0, 0.05) is 0 Å². The average molecular weight is 225 g/mol. The number of hydrogen-bond acceptors (Lipinski definition) is 2. The molecule has 90 valence electrons. The molecule has 2 nitrogen and oxygen atoms in total. The van der Waals surface area contributed by atoms with E-state index < -0.39 is 0 Å². The summed E-state index contributed by atoms with van der Waals surface area (Å²) in [6.07, 6.45) is 2.84. The van der Waals surface area contributed by atoms with E-state index >= 15 is 0 Å². The second-order valence-electron chi connectivity index (χ2n) is 3.74. The van der Waals surface area contributed by atoms with Gasteiger partial charge < -0.3 is 10.1 Å². The van der Waals surface area contributed by atoms with E-state index in [0.29, 0.717) is 5.75 Å². The van der Waals surface area contributed by atoms with Crippen molar-refractivity contribution in [1.29, 1.82) is 0 Å². The van der Waals surface area contributed by atoms with Crippen molar-refractivity contribution in [2.24, 2.45) is 0 Å². The summed E-state index contributed by atoms with van der Waals surface area (Å²) in [6, 6.07) is 5.31. The van der Waals surface area contributed by atoms with Crippen LogP contribution in [0.5, 0.6) is 5.75 Å². The lowest BCUT2D eigenvalue weighted by atomic mass is 10.1. The van der Waals surface area contributed by atoms with Gasteiger partial charge in [0.2, 0.25) is 0 Å². The number of ether oxygens (including phenoxy) is 1. The van der Waals surface area contributed by atoms with E-state index in [1.165, 1.54) is 7.11 Å². The second-order valence-corrected chi connectivity index (χ2v) is 3.74. The average Bonchev–Trinajstić information content (AvgIpc) is 2.31. The van der Waals surface area contributed by atoms with Gasteiger partial charge in [-0.3, -0.25) is 0 Å². The van der Waals surface area contributed by atoms with E-state index in [9.17, 15) is 4.39 Å². The Kier molecular flexibility index (Phi) is 5.86. The molecule has 0 saturated heterocycles. The molecule has 0 spiro atoms. The van der Waals surface area contributed by atoms with Gasteiger partial charge >= 0.3 is 0 Å². The maximum atomic E-state index is 13.7. The number of nitrogens with one attached hydrogen (secondary N) is 1. The molecule has 0 aliphatic heterocycles. The van der Waals surface area contributed by atoms with Crippen molar-refractivity contribution in [3.8, 4) is 5.75 Å². The summed E-state index contributed by atoms with van der Waals surface area (Å²) in [6.45, 7) is 4.08. The first-order chi connectivity index (χ1) is 7.79. The summed E-state index contributed by atoms with van der Waals surface area (Å²) >= 11 is 0. The van der Waals surface area contributed by atoms with Gasteiger partial charge in [0.05, 0.1) is 7.11 Å². The monoisotopic (exact) mass is 225 g/mol. The minimum Gasteiger partial charge on any atom is -0.494 e. The number of benzene rings is 1. The van der Waals surface area contributed by atoms with Crippen molar-refractivity contribution in [3.05, 3.63) is 29.6 Å².